The predicted octanol–water partition coefficient (Wildman–Crippen LogP) is 2.78. The van der Waals surface area contributed by atoms with Crippen LogP contribution in [0.15, 0.2) is 47.8 Å². The molecule has 0 spiro atoms. The smallest absolute Gasteiger partial charge is 0.318 e. The van der Waals surface area contributed by atoms with Crippen molar-refractivity contribution in [2.24, 2.45) is 0 Å². The van der Waals surface area contributed by atoms with E-state index >= 15 is 0 Å². The fourth-order valence-electron chi connectivity index (χ4n) is 2.86. The minimum absolute atomic E-state index is 0.100. The summed E-state index contributed by atoms with van der Waals surface area (Å²) in [5, 5.41) is 15.4. The van der Waals surface area contributed by atoms with E-state index in [4.69, 9.17) is 4.74 Å². The molecule has 1 saturated heterocycles. The first-order chi connectivity index (χ1) is 11.7. The molecule has 0 aliphatic carbocycles. The Morgan fingerprint density at radius 1 is 1.33 bits per heavy atom. The zero-order valence-corrected chi connectivity index (χ0v) is 14.2. The van der Waals surface area contributed by atoms with Crippen LogP contribution in [-0.4, -0.2) is 41.8 Å². The molecule has 2 atom stereocenters. The number of benzene rings is 1. The number of urea groups is 1. The van der Waals surface area contributed by atoms with E-state index in [0.29, 0.717) is 32.7 Å². The molecular weight excluding hydrogens is 324 g/mol. The van der Waals surface area contributed by atoms with Crippen molar-refractivity contribution in [1.29, 1.82) is 0 Å². The molecule has 1 aromatic heterocycles. The van der Waals surface area contributed by atoms with Crippen molar-refractivity contribution >= 4 is 17.4 Å². The molecule has 2 aromatic rings. The van der Waals surface area contributed by atoms with Crippen molar-refractivity contribution in [3.63, 3.8) is 0 Å². The Kier molecular flexibility index (Phi) is 5.85. The van der Waals surface area contributed by atoms with E-state index in [0.717, 1.165) is 10.4 Å². The quantitative estimate of drug-likeness (QED) is 0.875. The van der Waals surface area contributed by atoms with Crippen LogP contribution in [0.1, 0.15) is 23.0 Å². The first-order valence-corrected chi connectivity index (χ1v) is 8.99. The number of amides is 2. The van der Waals surface area contributed by atoms with E-state index in [1.807, 2.05) is 47.8 Å². The Labute approximate surface area is 145 Å². The third kappa shape index (κ3) is 4.35. The zero-order valence-electron chi connectivity index (χ0n) is 13.4. The van der Waals surface area contributed by atoms with Crippen molar-refractivity contribution in [3.05, 3.63) is 58.3 Å². The second-order valence-corrected chi connectivity index (χ2v) is 6.85. The van der Waals surface area contributed by atoms with Crippen LogP contribution in [0.25, 0.3) is 0 Å². The standard InChI is InChI=1S/C18H22N2O3S/c21-17(14-5-2-1-3-6-14)11-15-13-23-9-8-20(15)18(22)19-12-16-7-4-10-24-16/h1-7,10,15,17,21H,8-9,11-13H2,(H,19,22)/t15-,17-/m1/s1. The summed E-state index contributed by atoms with van der Waals surface area (Å²) >= 11 is 1.62. The maximum atomic E-state index is 12.5. The number of hydrogen-bond acceptors (Lipinski definition) is 4. The highest BCUT2D eigenvalue weighted by molar-refractivity contribution is 7.09. The summed E-state index contributed by atoms with van der Waals surface area (Å²) in [6.45, 7) is 2.06. The van der Waals surface area contributed by atoms with Crippen molar-refractivity contribution in [2.75, 3.05) is 19.8 Å². The van der Waals surface area contributed by atoms with Crippen molar-refractivity contribution in [2.45, 2.75) is 25.1 Å². The normalized spacial score (nSPS) is 19.0. The fourth-order valence-corrected chi connectivity index (χ4v) is 3.51. The van der Waals surface area contributed by atoms with Crippen molar-refractivity contribution in [1.82, 2.24) is 10.2 Å². The van der Waals surface area contributed by atoms with Gasteiger partial charge in [-0.15, -0.1) is 11.3 Å². The van der Waals surface area contributed by atoms with Crippen molar-refractivity contribution in [3.8, 4) is 0 Å². The molecule has 1 aliphatic rings. The molecule has 5 nitrogen and oxygen atoms in total. The molecule has 24 heavy (non-hydrogen) atoms. The number of rotatable bonds is 5. The number of aliphatic hydroxyl groups excluding tert-OH is 1. The summed E-state index contributed by atoms with van der Waals surface area (Å²) in [6.07, 6.45) is -0.137. The van der Waals surface area contributed by atoms with Gasteiger partial charge in [0.25, 0.3) is 0 Å². The lowest BCUT2D eigenvalue weighted by atomic mass is 10.0. The highest BCUT2D eigenvalue weighted by Gasteiger charge is 2.29. The van der Waals surface area contributed by atoms with Crippen molar-refractivity contribution < 1.29 is 14.6 Å². The maximum Gasteiger partial charge on any atom is 0.318 e. The van der Waals surface area contributed by atoms with Crippen LogP contribution in [0.5, 0.6) is 0 Å². The van der Waals surface area contributed by atoms with Crippen LogP contribution in [0.4, 0.5) is 4.79 Å². The SMILES string of the molecule is O=C(NCc1cccs1)N1CCOC[C@H]1C[C@@H](O)c1ccccc1. The lowest BCUT2D eigenvalue weighted by Crippen LogP contribution is -2.52. The number of carbonyl (C=O) groups is 1. The second kappa shape index (κ2) is 8.28. The molecule has 1 aliphatic heterocycles. The van der Waals surface area contributed by atoms with Gasteiger partial charge in [-0.1, -0.05) is 36.4 Å². The van der Waals surface area contributed by atoms with Crippen LogP contribution >= 0.6 is 11.3 Å². The molecular formula is C18H22N2O3S. The first-order valence-electron chi connectivity index (χ1n) is 8.11. The largest absolute Gasteiger partial charge is 0.388 e. The van der Waals surface area contributed by atoms with E-state index in [1.54, 1.807) is 16.2 Å². The summed E-state index contributed by atoms with van der Waals surface area (Å²) < 4.78 is 5.52. The van der Waals surface area contributed by atoms with Gasteiger partial charge in [-0.2, -0.15) is 0 Å². The molecule has 3 rings (SSSR count). The number of hydrogen-bond donors (Lipinski definition) is 2. The topological polar surface area (TPSA) is 61.8 Å². The summed E-state index contributed by atoms with van der Waals surface area (Å²) in [6, 6.07) is 13.3. The molecule has 0 bridgehead atoms. The third-order valence-electron chi connectivity index (χ3n) is 4.16. The number of nitrogens with zero attached hydrogens (tertiary/aromatic N) is 1. The van der Waals surface area contributed by atoms with Gasteiger partial charge in [0, 0.05) is 17.8 Å². The molecule has 1 aromatic carbocycles. The summed E-state index contributed by atoms with van der Waals surface area (Å²) in [4.78, 5) is 15.4. The number of nitrogens with one attached hydrogen (secondary N) is 1. The van der Waals surface area contributed by atoms with Crippen LogP contribution in [0.3, 0.4) is 0 Å². The van der Waals surface area contributed by atoms with E-state index in [9.17, 15) is 9.90 Å². The van der Waals surface area contributed by atoms with E-state index in [1.165, 1.54) is 0 Å². The first kappa shape index (κ1) is 17.0. The highest BCUT2D eigenvalue weighted by atomic mass is 32.1. The van der Waals surface area contributed by atoms with Gasteiger partial charge in [-0.25, -0.2) is 4.79 Å². The average molecular weight is 346 g/mol. The lowest BCUT2D eigenvalue weighted by molar-refractivity contribution is -0.00697. The van der Waals surface area contributed by atoms with Crippen LogP contribution in [0.2, 0.25) is 0 Å². The molecule has 6 heteroatoms. The van der Waals surface area contributed by atoms with Gasteiger partial charge in [-0.05, 0) is 17.0 Å². The van der Waals surface area contributed by atoms with E-state index < -0.39 is 6.10 Å². The number of ether oxygens (including phenoxy) is 1. The van der Waals surface area contributed by atoms with E-state index in [2.05, 4.69) is 5.32 Å². The predicted molar refractivity (Wildman–Crippen MR) is 93.9 cm³/mol. The molecule has 0 saturated carbocycles. The number of morpholine rings is 1. The second-order valence-electron chi connectivity index (χ2n) is 5.82. The van der Waals surface area contributed by atoms with E-state index in [-0.39, 0.29) is 12.1 Å². The lowest BCUT2D eigenvalue weighted by Gasteiger charge is -2.36. The Hall–Kier alpha value is -1.89. The minimum atomic E-state index is -0.606. The Morgan fingerprint density at radius 2 is 2.17 bits per heavy atom. The Morgan fingerprint density at radius 3 is 2.92 bits per heavy atom. The van der Waals surface area contributed by atoms with Gasteiger partial charge >= 0.3 is 6.03 Å². The third-order valence-corrected chi connectivity index (χ3v) is 5.04. The number of carbonyl (C=O) groups excluding carboxylic acids is 1. The number of aliphatic hydroxyl groups is 1. The van der Waals surface area contributed by atoms with Gasteiger partial charge in [-0.3, -0.25) is 0 Å². The van der Waals surface area contributed by atoms with Gasteiger partial charge in [0.1, 0.15) is 0 Å². The average Bonchev–Trinajstić information content (AvgIpc) is 3.14. The molecule has 2 amide bonds. The Bertz CT molecular complexity index is 633. The zero-order chi connectivity index (χ0) is 16.8. The molecule has 2 N–H and O–H groups in total. The van der Waals surface area contributed by atoms with Gasteiger partial charge in [0.05, 0.1) is 31.9 Å². The Balaban J connectivity index is 1.59. The van der Waals surface area contributed by atoms with Crippen LogP contribution in [0, 0.1) is 0 Å². The molecule has 128 valence electrons. The fraction of sp³-hybridized carbons (Fsp3) is 0.389. The molecule has 0 unspecified atom stereocenters. The molecule has 0 radical (unpaired) electrons. The summed E-state index contributed by atoms with van der Waals surface area (Å²) in [5.41, 5.74) is 0.863. The summed E-state index contributed by atoms with van der Waals surface area (Å²) in [5.74, 6) is 0. The van der Waals surface area contributed by atoms with Gasteiger partial charge < -0.3 is 20.1 Å². The van der Waals surface area contributed by atoms with Crippen LogP contribution in [-0.2, 0) is 11.3 Å². The minimum Gasteiger partial charge on any atom is -0.388 e. The monoisotopic (exact) mass is 346 g/mol. The van der Waals surface area contributed by atoms with Gasteiger partial charge in [0.2, 0.25) is 0 Å². The molecule has 1 fully saturated rings. The molecule has 2 heterocycles. The number of thiophene rings is 1. The van der Waals surface area contributed by atoms with Gasteiger partial charge in [0.15, 0.2) is 0 Å². The highest BCUT2D eigenvalue weighted by Crippen LogP contribution is 2.22. The van der Waals surface area contributed by atoms with Crippen LogP contribution < -0.4 is 5.32 Å². The maximum absolute atomic E-state index is 12.5. The summed E-state index contributed by atoms with van der Waals surface area (Å²) in [7, 11) is 0.